The van der Waals surface area contributed by atoms with Gasteiger partial charge in [0.05, 0.1) is 18.2 Å². The number of methoxy groups -OCH3 is 1. The predicted octanol–water partition coefficient (Wildman–Crippen LogP) is 8.35. The number of carbonyl (C=O) groups is 2. The number of benzene rings is 2. The number of likely N-dealkylation sites (tertiary alicyclic amines) is 1. The molecule has 0 unspecified atom stereocenters. The van der Waals surface area contributed by atoms with Gasteiger partial charge in [-0.15, -0.1) is 0 Å². The molecule has 2 heterocycles. The number of ether oxygens (including phenoxy) is 2. The molecule has 1 saturated heterocycles. The van der Waals surface area contributed by atoms with Crippen molar-refractivity contribution in [3.05, 3.63) is 82.1 Å². The molecule has 8 heteroatoms. The first-order valence-electron chi connectivity index (χ1n) is 14.7. The maximum absolute atomic E-state index is 13.4. The molecule has 0 bridgehead atoms. The van der Waals surface area contributed by atoms with Crippen molar-refractivity contribution in [2.24, 2.45) is 5.41 Å². The molecule has 0 amide bonds. The summed E-state index contributed by atoms with van der Waals surface area (Å²) in [4.78, 5) is 27.6. The zero-order chi connectivity index (χ0) is 30.4. The zero-order valence-electron chi connectivity index (χ0n) is 25.4. The minimum atomic E-state index is -1.54. The molecule has 2 fully saturated rings. The second-order valence-corrected chi connectivity index (χ2v) is 12.9. The van der Waals surface area contributed by atoms with E-state index in [0.29, 0.717) is 24.9 Å². The number of nitrogens with zero attached hydrogens (tertiary/aromatic N) is 2. The van der Waals surface area contributed by atoms with Gasteiger partial charge in [0.15, 0.2) is 0 Å². The first-order chi connectivity index (χ1) is 19.8. The highest BCUT2D eigenvalue weighted by Gasteiger charge is 2.48. The Morgan fingerprint density at radius 3 is 2.38 bits per heavy atom. The molecule has 1 aliphatic carbocycles. The van der Waals surface area contributed by atoms with Gasteiger partial charge in [-0.05, 0) is 118 Å². The monoisotopic (exact) mass is 578 g/mol. The summed E-state index contributed by atoms with van der Waals surface area (Å²) >= 11 is 0. The van der Waals surface area contributed by atoms with Gasteiger partial charge in [-0.2, -0.15) is 8.78 Å². The maximum Gasteiger partial charge on any atom is 0.418 e. The van der Waals surface area contributed by atoms with Gasteiger partial charge in [0.2, 0.25) is 0 Å². The van der Waals surface area contributed by atoms with Gasteiger partial charge in [0, 0.05) is 24.2 Å². The molecule has 3 aromatic rings. The van der Waals surface area contributed by atoms with Crippen molar-refractivity contribution in [2.45, 2.75) is 84.9 Å². The summed E-state index contributed by atoms with van der Waals surface area (Å²) in [6.07, 6.45) is 3.16. The predicted molar refractivity (Wildman–Crippen MR) is 159 cm³/mol. The smallest absolute Gasteiger partial charge is 0.418 e. The molecule has 1 spiro atoms. The van der Waals surface area contributed by atoms with Gasteiger partial charge in [-0.25, -0.2) is 9.59 Å². The number of allylic oxidation sites excluding steroid dienone is 1. The van der Waals surface area contributed by atoms with Crippen molar-refractivity contribution in [1.82, 2.24) is 9.47 Å². The minimum Gasteiger partial charge on any atom is -0.465 e. The molecular weight excluding hydrogens is 538 g/mol. The lowest BCUT2D eigenvalue weighted by atomic mass is 9.58. The number of fused-ring (bicyclic) bond motifs is 1. The molecule has 2 aromatic carbocycles. The van der Waals surface area contributed by atoms with Crippen LogP contribution in [0.25, 0.3) is 10.9 Å². The van der Waals surface area contributed by atoms with Gasteiger partial charge < -0.3 is 9.47 Å². The summed E-state index contributed by atoms with van der Waals surface area (Å²) < 4.78 is 38.9. The Labute approximate surface area is 246 Å². The van der Waals surface area contributed by atoms with Crippen molar-refractivity contribution in [2.75, 3.05) is 13.7 Å². The van der Waals surface area contributed by atoms with E-state index in [0.717, 1.165) is 53.4 Å². The van der Waals surface area contributed by atoms with Crippen LogP contribution in [0, 0.1) is 12.3 Å². The molecule has 1 saturated carbocycles. The van der Waals surface area contributed by atoms with Gasteiger partial charge in [0.25, 0.3) is 6.08 Å². The number of aromatic nitrogens is 1. The van der Waals surface area contributed by atoms with Crippen molar-refractivity contribution in [1.29, 1.82) is 0 Å². The lowest BCUT2D eigenvalue weighted by molar-refractivity contribution is 0.0142. The Morgan fingerprint density at radius 1 is 1.10 bits per heavy atom. The molecule has 1 atom stereocenters. The third-order valence-electron chi connectivity index (χ3n) is 8.85. The van der Waals surface area contributed by atoms with Crippen LogP contribution >= 0.6 is 0 Å². The van der Waals surface area contributed by atoms with E-state index in [1.165, 1.54) is 12.7 Å². The number of halogens is 2. The van der Waals surface area contributed by atoms with Crippen molar-refractivity contribution >= 4 is 23.0 Å². The average molecular weight is 579 g/mol. The molecule has 224 valence electrons. The van der Waals surface area contributed by atoms with E-state index in [9.17, 15) is 18.4 Å². The standard InChI is InChI=1S/C34H40F2N2O4/c1-7-22-16-21(2)29-26(12-14-38(29)32(40)42-33(3,4)5)27(22)20-37-15-13-34(17-25(18-34)30(35)36)19-28(37)23-8-10-24(11-9-23)31(39)41-6/h8-12,14,16,28H,7,13,15,17-20H2,1-6H3/t28-/m0/s1. The van der Waals surface area contributed by atoms with Crippen molar-refractivity contribution in [3.8, 4) is 0 Å². The third kappa shape index (κ3) is 5.74. The highest BCUT2D eigenvalue weighted by Crippen LogP contribution is 2.57. The molecule has 2 aliphatic rings. The van der Waals surface area contributed by atoms with Crippen LogP contribution in [0.1, 0.15) is 92.0 Å². The van der Waals surface area contributed by atoms with E-state index in [2.05, 4.69) is 17.9 Å². The van der Waals surface area contributed by atoms with Crippen LogP contribution in [0.15, 0.2) is 54.2 Å². The third-order valence-corrected chi connectivity index (χ3v) is 8.85. The van der Waals surface area contributed by atoms with Gasteiger partial charge in [-0.1, -0.05) is 25.1 Å². The largest absolute Gasteiger partial charge is 0.465 e. The molecule has 6 nitrogen and oxygen atoms in total. The molecular formula is C34H40F2N2O4. The molecule has 0 radical (unpaired) electrons. The van der Waals surface area contributed by atoms with Crippen molar-refractivity contribution < 1.29 is 27.8 Å². The normalized spacial score (nSPS) is 21.0. The zero-order valence-corrected chi connectivity index (χ0v) is 25.4. The Hall–Kier alpha value is -3.52. The minimum absolute atomic E-state index is 0.0105. The number of hydrogen-bond acceptors (Lipinski definition) is 5. The molecule has 1 aliphatic heterocycles. The van der Waals surface area contributed by atoms with E-state index < -0.39 is 23.7 Å². The van der Waals surface area contributed by atoms with Gasteiger partial charge in [-0.3, -0.25) is 9.47 Å². The lowest BCUT2D eigenvalue weighted by Crippen LogP contribution is -2.46. The summed E-state index contributed by atoms with van der Waals surface area (Å²) in [5.74, 6) is -0.394. The Kier molecular flexibility index (Phi) is 8.05. The van der Waals surface area contributed by atoms with Crippen LogP contribution in [0.4, 0.5) is 13.6 Å². The number of carbonyl (C=O) groups excluding carboxylic acids is 2. The fourth-order valence-electron chi connectivity index (χ4n) is 6.80. The summed E-state index contributed by atoms with van der Waals surface area (Å²) in [6, 6.07) is 11.6. The topological polar surface area (TPSA) is 60.8 Å². The maximum atomic E-state index is 13.4. The summed E-state index contributed by atoms with van der Waals surface area (Å²) in [5, 5.41) is 1.02. The fraction of sp³-hybridized carbons (Fsp3) is 0.471. The Bertz CT molecular complexity index is 1540. The van der Waals surface area contributed by atoms with E-state index in [1.54, 1.807) is 22.9 Å². The summed E-state index contributed by atoms with van der Waals surface area (Å²) in [6.45, 7) is 11.1. The van der Waals surface area contributed by atoms with Gasteiger partial charge >= 0.3 is 12.1 Å². The fourth-order valence-corrected chi connectivity index (χ4v) is 6.80. The van der Waals surface area contributed by atoms with Crippen LogP contribution in [0.3, 0.4) is 0 Å². The van der Waals surface area contributed by atoms with Crippen LogP contribution in [0.2, 0.25) is 0 Å². The molecule has 1 aromatic heterocycles. The first kappa shape index (κ1) is 30.0. The van der Waals surface area contributed by atoms with E-state index in [-0.39, 0.29) is 17.0 Å². The Balaban J connectivity index is 1.52. The van der Waals surface area contributed by atoms with Crippen molar-refractivity contribution in [3.63, 3.8) is 0 Å². The quantitative estimate of drug-likeness (QED) is 0.285. The SMILES string of the molecule is CCc1cc(C)c2c(ccn2C(=O)OC(C)(C)C)c1CN1CCC2(CC(=C(F)F)C2)C[C@H]1c1ccc(C(=O)OC)cc1. The average Bonchev–Trinajstić information content (AvgIpc) is 3.38. The summed E-state index contributed by atoms with van der Waals surface area (Å²) in [7, 11) is 1.36. The summed E-state index contributed by atoms with van der Waals surface area (Å²) in [5.41, 5.74) is 5.28. The highest BCUT2D eigenvalue weighted by molar-refractivity contribution is 5.94. The molecule has 0 N–H and O–H groups in total. The van der Waals surface area contributed by atoms with E-state index in [1.807, 2.05) is 45.9 Å². The van der Waals surface area contributed by atoms with E-state index in [4.69, 9.17) is 9.47 Å². The number of esters is 1. The number of piperidine rings is 1. The van der Waals surface area contributed by atoms with E-state index >= 15 is 0 Å². The first-order valence-corrected chi connectivity index (χ1v) is 14.7. The number of aryl methyl sites for hydroxylation is 2. The van der Waals surface area contributed by atoms with Crippen LogP contribution in [-0.2, 0) is 22.4 Å². The van der Waals surface area contributed by atoms with Crippen LogP contribution in [0.5, 0.6) is 0 Å². The number of hydrogen-bond donors (Lipinski definition) is 0. The molecule has 42 heavy (non-hydrogen) atoms. The second-order valence-electron chi connectivity index (χ2n) is 12.9. The van der Waals surface area contributed by atoms with Crippen LogP contribution in [-0.4, -0.2) is 40.8 Å². The second kappa shape index (κ2) is 11.3. The highest BCUT2D eigenvalue weighted by atomic mass is 19.3. The number of rotatable bonds is 5. The van der Waals surface area contributed by atoms with Gasteiger partial charge in [0.1, 0.15) is 5.60 Å². The Morgan fingerprint density at radius 2 is 1.79 bits per heavy atom. The molecule has 5 rings (SSSR count). The lowest BCUT2D eigenvalue weighted by Gasteiger charge is -2.52. The van der Waals surface area contributed by atoms with Crippen LogP contribution < -0.4 is 0 Å².